The summed E-state index contributed by atoms with van der Waals surface area (Å²) in [5, 5.41) is 0.691. The minimum atomic E-state index is -3.12. The van der Waals surface area contributed by atoms with Gasteiger partial charge in [-0.2, -0.15) is 0 Å². The summed E-state index contributed by atoms with van der Waals surface area (Å²) in [6.07, 6.45) is 0. The minimum Gasteiger partial charge on any atom is -0.454 e. The van der Waals surface area contributed by atoms with Crippen LogP contribution in [-0.4, -0.2) is 55.5 Å². The second-order valence-electron chi connectivity index (χ2n) is 7.99. The van der Waals surface area contributed by atoms with Gasteiger partial charge in [0.25, 0.3) is 0 Å². The molecule has 27 heavy (non-hydrogen) atoms. The third-order valence-corrected chi connectivity index (χ3v) is 7.58. The van der Waals surface area contributed by atoms with E-state index in [4.69, 9.17) is 9.47 Å². The Balaban J connectivity index is 1.63. The number of aliphatic imine (C=N–C) groups is 1. The molecule has 3 heterocycles. The van der Waals surface area contributed by atoms with Gasteiger partial charge in [-0.25, -0.2) is 8.42 Å². The number of Topliss-reactive ketones (excluding diaryl/α,β-unsaturated/α-hetero) is 1. The van der Waals surface area contributed by atoms with Gasteiger partial charge < -0.3 is 14.4 Å². The molecule has 0 amide bonds. The number of ketones is 1. The van der Waals surface area contributed by atoms with Gasteiger partial charge in [-0.3, -0.25) is 9.79 Å². The fourth-order valence-corrected chi connectivity index (χ4v) is 6.44. The maximum absolute atomic E-state index is 12.3. The van der Waals surface area contributed by atoms with E-state index < -0.39 is 15.3 Å². The van der Waals surface area contributed by atoms with E-state index in [1.807, 2.05) is 43.9 Å². The molecule has 0 bridgehead atoms. The van der Waals surface area contributed by atoms with Gasteiger partial charge in [0.1, 0.15) is 5.78 Å². The first-order valence-electron chi connectivity index (χ1n) is 8.77. The fraction of sp³-hybridized carbons (Fsp3) is 0.556. The molecular weight excluding hydrogens is 388 g/mol. The Bertz CT molecular complexity index is 920. The quantitative estimate of drug-likeness (QED) is 0.754. The van der Waals surface area contributed by atoms with E-state index in [0.717, 1.165) is 5.69 Å². The third-order valence-electron chi connectivity index (χ3n) is 4.91. The van der Waals surface area contributed by atoms with Crippen LogP contribution in [0.25, 0.3) is 0 Å². The average molecular weight is 411 g/mol. The summed E-state index contributed by atoms with van der Waals surface area (Å²) >= 11 is 1.37. The van der Waals surface area contributed by atoms with Gasteiger partial charge in [0.05, 0.1) is 29.3 Å². The normalized spacial score (nSPS) is 25.4. The molecule has 0 aliphatic carbocycles. The molecule has 0 aromatic heterocycles. The molecule has 0 radical (unpaired) electrons. The molecule has 0 spiro atoms. The van der Waals surface area contributed by atoms with Crippen LogP contribution in [0.5, 0.6) is 11.5 Å². The van der Waals surface area contributed by atoms with E-state index in [9.17, 15) is 13.2 Å². The van der Waals surface area contributed by atoms with Crippen molar-refractivity contribution in [1.29, 1.82) is 0 Å². The highest BCUT2D eigenvalue weighted by Gasteiger charge is 2.47. The highest BCUT2D eigenvalue weighted by atomic mass is 32.2. The zero-order valence-electron chi connectivity index (χ0n) is 15.5. The molecule has 0 saturated carbocycles. The molecule has 3 aliphatic rings. The number of carbonyl (C=O) groups is 1. The Morgan fingerprint density at radius 3 is 2.74 bits per heavy atom. The first-order valence-corrected chi connectivity index (χ1v) is 11.6. The zero-order valence-corrected chi connectivity index (χ0v) is 17.1. The van der Waals surface area contributed by atoms with Crippen molar-refractivity contribution in [3.63, 3.8) is 0 Å². The number of carbonyl (C=O) groups excluding carboxylic acids is 1. The largest absolute Gasteiger partial charge is 0.454 e. The number of hydrogen-bond acceptors (Lipinski definition) is 8. The second kappa shape index (κ2) is 6.41. The summed E-state index contributed by atoms with van der Waals surface area (Å²) in [5.74, 6) is 1.85. The summed E-state index contributed by atoms with van der Waals surface area (Å²) < 4.78 is 35.0. The Labute approximate surface area is 163 Å². The number of ether oxygens (including phenoxy) is 2. The molecular formula is C18H22N2O5S2. The Morgan fingerprint density at radius 1 is 1.26 bits per heavy atom. The number of amidine groups is 1. The van der Waals surface area contributed by atoms with E-state index in [0.29, 0.717) is 22.4 Å². The van der Waals surface area contributed by atoms with E-state index in [1.54, 1.807) is 0 Å². The Morgan fingerprint density at radius 2 is 2.00 bits per heavy atom. The van der Waals surface area contributed by atoms with Crippen LogP contribution in [-0.2, 0) is 14.6 Å². The monoisotopic (exact) mass is 410 g/mol. The van der Waals surface area contributed by atoms with Crippen molar-refractivity contribution in [2.24, 2.45) is 10.4 Å². The highest BCUT2D eigenvalue weighted by molar-refractivity contribution is 8.14. The van der Waals surface area contributed by atoms with Gasteiger partial charge in [0.15, 0.2) is 26.5 Å². The van der Waals surface area contributed by atoms with Crippen LogP contribution in [0.4, 0.5) is 5.69 Å². The van der Waals surface area contributed by atoms with E-state index in [-0.39, 0.29) is 36.2 Å². The minimum absolute atomic E-state index is 0.0516. The van der Waals surface area contributed by atoms with Gasteiger partial charge >= 0.3 is 0 Å². The SMILES string of the molecule is CC(C)(C)C(=O)CSC1=N[C@@H]2CS(=O)(=O)C[C@H]2N1c1ccc2c(c1)OCO2. The maximum Gasteiger partial charge on any atom is 0.231 e. The maximum atomic E-state index is 12.3. The fourth-order valence-electron chi connectivity index (χ4n) is 3.32. The molecule has 1 aromatic rings. The smallest absolute Gasteiger partial charge is 0.231 e. The number of fused-ring (bicyclic) bond motifs is 2. The predicted molar refractivity (Wildman–Crippen MR) is 106 cm³/mol. The summed E-state index contributed by atoms with van der Waals surface area (Å²) in [6.45, 7) is 5.85. The van der Waals surface area contributed by atoms with Gasteiger partial charge in [-0.05, 0) is 12.1 Å². The standard InChI is InChI=1S/C18H22N2O5S2/c1-18(2,3)16(21)7-26-17-19-12-8-27(22,23)9-13(12)20(17)11-4-5-14-15(6-11)25-10-24-14/h4-6,12-13H,7-10H2,1-3H3/t12-,13-/m1/s1. The van der Waals surface area contributed by atoms with Crippen molar-refractivity contribution in [1.82, 2.24) is 0 Å². The van der Waals surface area contributed by atoms with Crippen LogP contribution in [0.15, 0.2) is 23.2 Å². The molecule has 1 saturated heterocycles. The van der Waals surface area contributed by atoms with Gasteiger partial charge in [-0.1, -0.05) is 32.5 Å². The number of sulfone groups is 1. The van der Waals surface area contributed by atoms with Crippen LogP contribution in [0.2, 0.25) is 0 Å². The first-order chi connectivity index (χ1) is 12.6. The van der Waals surface area contributed by atoms with Gasteiger partial charge in [0.2, 0.25) is 6.79 Å². The van der Waals surface area contributed by atoms with Crippen LogP contribution in [0.1, 0.15) is 20.8 Å². The highest BCUT2D eigenvalue weighted by Crippen LogP contribution is 2.40. The molecule has 3 aliphatic heterocycles. The Hall–Kier alpha value is -1.74. The number of benzene rings is 1. The number of thioether (sulfide) groups is 1. The first kappa shape index (κ1) is 18.6. The second-order valence-corrected chi connectivity index (χ2v) is 11.1. The lowest BCUT2D eigenvalue weighted by molar-refractivity contribution is -0.123. The molecule has 1 fully saturated rings. The van der Waals surface area contributed by atoms with Crippen LogP contribution in [0, 0.1) is 5.41 Å². The molecule has 1 aromatic carbocycles. The molecule has 0 unspecified atom stereocenters. The molecule has 2 atom stereocenters. The predicted octanol–water partition coefficient (Wildman–Crippen LogP) is 2.11. The molecule has 9 heteroatoms. The number of anilines is 1. The lowest BCUT2D eigenvalue weighted by Gasteiger charge is -2.27. The lowest BCUT2D eigenvalue weighted by atomic mass is 9.92. The summed E-state index contributed by atoms with van der Waals surface area (Å²) in [7, 11) is -3.12. The summed E-state index contributed by atoms with van der Waals surface area (Å²) in [5.41, 5.74) is 0.382. The summed E-state index contributed by atoms with van der Waals surface area (Å²) in [6, 6.07) is 4.99. The van der Waals surface area contributed by atoms with Gasteiger partial charge in [0, 0.05) is 17.2 Å². The van der Waals surface area contributed by atoms with E-state index in [1.165, 1.54) is 11.8 Å². The number of rotatable bonds is 3. The molecule has 0 N–H and O–H groups in total. The third kappa shape index (κ3) is 3.54. The Kier molecular flexibility index (Phi) is 4.42. The van der Waals surface area contributed by atoms with Crippen molar-refractivity contribution in [2.45, 2.75) is 32.9 Å². The topological polar surface area (TPSA) is 85.3 Å². The van der Waals surface area contributed by atoms with Crippen LogP contribution < -0.4 is 14.4 Å². The van der Waals surface area contributed by atoms with E-state index in [2.05, 4.69) is 4.99 Å². The average Bonchev–Trinajstić information content (AvgIpc) is 3.22. The van der Waals surface area contributed by atoms with Crippen molar-refractivity contribution >= 4 is 38.2 Å². The van der Waals surface area contributed by atoms with Crippen molar-refractivity contribution < 1.29 is 22.7 Å². The van der Waals surface area contributed by atoms with Crippen molar-refractivity contribution in [3.05, 3.63) is 18.2 Å². The molecule has 4 rings (SSSR count). The molecule has 7 nitrogen and oxygen atoms in total. The number of nitrogens with zero attached hydrogens (tertiary/aromatic N) is 2. The lowest BCUT2D eigenvalue weighted by Crippen LogP contribution is -2.39. The van der Waals surface area contributed by atoms with Crippen molar-refractivity contribution in [3.8, 4) is 11.5 Å². The molecule has 146 valence electrons. The van der Waals surface area contributed by atoms with Crippen LogP contribution >= 0.6 is 11.8 Å². The summed E-state index contributed by atoms with van der Waals surface area (Å²) in [4.78, 5) is 18.9. The zero-order chi connectivity index (χ0) is 19.4. The van der Waals surface area contributed by atoms with E-state index >= 15 is 0 Å². The van der Waals surface area contributed by atoms with Crippen molar-refractivity contribution in [2.75, 3.05) is 29.0 Å². The van der Waals surface area contributed by atoms with Crippen LogP contribution in [0.3, 0.4) is 0 Å². The number of hydrogen-bond donors (Lipinski definition) is 0. The van der Waals surface area contributed by atoms with Gasteiger partial charge in [-0.15, -0.1) is 0 Å².